The largest absolute Gasteiger partial charge is 0.469 e. The molecular formula is C39H69O9P. The molecule has 0 bridgehead atoms. The zero-order valence-electron chi connectivity index (χ0n) is 30.8. The first kappa shape index (κ1) is 45.3. The Balaban J connectivity index is 2.11. The fourth-order valence-corrected chi connectivity index (χ4v) is 5.89. The van der Waals surface area contributed by atoms with Crippen LogP contribution in [0.25, 0.3) is 0 Å². The van der Waals surface area contributed by atoms with E-state index in [0.717, 1.165) is 83.5 Å². The van der Waals surface area contributed by atoms with Gasteiger partial charge in [0.1, 0.15) is 6.61 Å². The number of hydrogen-bond donors (Lipinski definition) is 2. The van der Waals surface area contributed by atoms with Gasteiger partial charge < -0.3 is 24.0 Å². The highest BCUT2D eigenvalue weighted by atomic mass is 31.2. The Morgan fingerprint density at radius 1 is 0.653 bits per heavy atom. The normalized spacial score (nSPS) is 17.0. The Morgan fingerprint density at radius 2 is 1.18 bits per heavy atom. The van der Waals surface area contributed by atoms with E-state index in [1.807, 2.05) is 0 Å². The number of carbonyl (C=O) groups excluding carboxylic acids is 2. The molecule has 1 saturated heterocycles. The van der Waals surface area contributed by atoms with Crippen molar-refractivity contribution in [2.24, 2.45) is 0 Å². The molecule has 0 saturated carbocycles. The zero-order valence-corrected chi connectivity index (χ0v) is 31.7. The van der Waals surface area contributed by atoms with E-state index < -0.39 is 32.5 Å². The molecule has 0 radical (unpaired) electrons. The quantitative estimate of drug-likeness (QED) is 0.0220. The minimum atomic E-state index is -4.76. The highest BCUT2D eigenvalue weighted by Gasteiger charge is 2.36. The van der Waals surface area contributed by atoms with Crippen molar-refractivity contribution in [3.8, 4) is 0 Å². The van der Waals surface area contributed by atoms with Gasteiger partial charge in [0.2, 0.25) is 0 Å². The number of phosphoric ester groups is 1. The molecule has 3 atom stereocenters. The molecule has 0 aliphatic carbocycles. The first-order chi connectivity index (χ1) is 23.7. The third-order valence-corrected chi connectivity index (χ3v) is 9.04. The van der Waals surface area contributed by atoms with Crippen molar-refractivity contribution in [3.63, 3.8) is 0 Å². The summed E-state index contributed by atoms with van der Waals surface area (Å²) in [4.78, 5) is 42.8. The Hall–Kier alpha value is -1.77. The van der Waals surface area contributed by atoms with Gasteiger partial charge in [-0.3, -0.25) is 14.1 Å². The minimum absolute atomic E-state index is 0.185. The summed E-state index contributed by atoms with van der Waals surface area (Å²) in [5, 5.41) is 0. The van der Waals surface area contributed by atoms with Crippen molar-refractivity contribution >= 4 is 19.8 Å². The molecule has 1 aliphatic heterocycles. The molecule has 0 spiro atoms. The summed E-state index contributed by atoms with van der Waals surface area (Å²) in [5.74, 6) is -0.925. The van der Waals surface area contributed by atoms with Crippen LogP contribution in [0.4, 0.5) is 0 Å². The van der Waals surface area contributed by atoms with Crippen LogP contribution in [0.15, 0.2) is 36.5 Å². The molecule has 1 heterocycles. The Labute approximate surface area is 297 Å². The number of carbonyl (C=O) groups is 2. The molecule has 0 amide bonds. The van der Waals surface area contributed by atoms with Crippen LogP contribution in [0, 0.1) is 0 Å². The number of hydrogen-bond acceptors (Lipinski definition) is 7. The predicted octanol–water partition coefficient (Wildman–Crippen LogP) is 10.4. The zero-order chi connectivity index (χ0) is 35.8. The smallest absolute Gasteiger partial charge is 0.462 e. The summed E-state index contributed by atoms with van der Waals surface area (Å²) in [5.41, 5.74) is 0. The molecule has 1 rings (SSSR count). The molecule has 0 aromatic rings. The number of unbranched alkanes of at least 4 members (excludes halogenated alkanes) is 15. The van der Waals surface area contributed by atoms with Crippen molar-refractivity contribution in [2.45, 2.75) is 186 Å². The van der Waals surface area contributed by atoms with Crippen molar-refractivity contribution < 1.29 is 42.7 Å². The Kier molecular flexibility index (Phi) is 28.6. The number of ether oxygens (including phenoxy) is 3. The van der Waals surface area contributed by atoms with Crippen LogP contribution in [0.2, 0.25) is 0 Å². The van der Waals surface area contributed by atoms with E-state index in [1.54, 1.807) is 0 Å². The van der Waals surface area contributed by atoms with Gasteiger partial charge in [0.25, 0.3) is 0 Å². The second kappa shape index (κ2) is 31.0. The van der Waals surface area contributed by atoms with Crippen LogP contribution in [-0.4, -0.2) is 53.3 Å². The summed E-state index contributed by atoms with van der Waals surface area (Å²) in [6.07, 6.45) is 37.4. The topological polar surface area (TPSA) is 132 Å². The number of allylic oxidation sites excluding steroid dienone is 5. The number of epoxide rings is 1. The van der Waals surface area contributed by atoms with Gasteiger partial charge >= 0.3 is 19.8 Å². The number of esters is 2. The van der Waals surface area contributed by atoms with Gasteiger partial charge in [0.05, 0.1) is 18.8 Å². The minimum Gasteiger partial charge on any atom is -0.462 e. The van der Waals surface area contributed by atoms with Crippen LogP contribution >= 0.6 is 7.82 Å². The molecule has 49 heavy (non-hydrogen) atoms. The average Bonchev–Trinajstić information content (AvgIpc) is 3.82. The van der Waals surface area contributed by atoms with Crippen LogP contribution < -0.4 is 0 Å². The lowest BCUT2D eigenvalue weighted by Gasteiger charge is -2.18. The first-order valence-corrected chi connectivity index (χ1v) is 20.9. The summed E-state index contributed by atoms with van der Waals surface area (Å²) < 4.78 is 32.1. The third kappa shape index (κ3) is 30.8. The monoisotopic (exact) mass is 712 g/mol. The van der Waals surface area contributed by atoms with E-state index in [0.29, 0.717) is 25.0 Å². The van der Waals surface area contributed by atoms with Crippen molar-refractivity contribution in [1.82, 2.24) is 0 Å². The molecule has 1 fully saturated rings. The van der Waals surface area contributed by atoms with Gasteiger partial charge in [-0.2, -0.15) is 0 Å². The summed E-state index contributed by atoms with van der Waals surface area (Å²) in [7, 11) is -4.76. The summed E-state index contributed by atoms with van der Waals surface area (Å²) in [6, 6.07) is 0. The number of phosphoric acid groups is 1. The molecule has 9 nitrogen and oxygen atoms in total. The lowest BCUT2D eigenvalue weighted by molar-refractivity contribution is -0.161. The van der Waals surface area contributed by atoms with E-state index in [2.05, 4.69) is 54.8 Å². The van der Waals surface area contributed by atoms with Crippen LogP contribution in [-0.2, 0) is 32.9 Å². The fourth-order valence-electron chi connectivity index (χ4n) is 5.53. The molecule has 2 N–H and O–H groups in total. The highest BCUT2D eigenvalue weighted by Crippen LogP contribution is 2.36. The Morgan fingerprint density at radius 3 is 1.80 bits per heavy atom. The molecule has 284 valence electrons. The van der Waals surface area contributed by atoms with Gasteiger partial charge in [-0.05, 0) is 70.6 Å². The Bertz CT molecular complexity index is 958. The van der Waals surface area contributed by atoms with Crippen molar-refractivity contribution in [1.29, 1.82) is 0 Å². The van der Waals surface area contributed by atoms with Crippen LogP contribution in [0.3, 0.4) is 0 Å². The van der Waals surface area contributed by atoms with E-state index in [9.17, 15) is 14.2 Å². The SMILES string of the molecule is CCCCC/C=C\C/C=C\CCCCCCCC(=O)OC[C@H](COP(=O)(O)O)OC(=O)CCCCCCCC1OC1C/C=C\CCCCC. The standard InChI is InChI=1S/C39H69O9P/c1-3-5-7-9-11-12-13-14-15-16-17-18-19-23-27-31-38(40)45-33-35(34-46-49(42,43)44)47-39(41)32-28-24-20-22-26-30-37-36(48-37)29-25-21-10-8-6-4-2/h11-12,14-15,21,25,35-37H,3-10,13,16-20,22-24,26-34H2,1-2H3,(H2,42,43,44)/b12-11-,15-14-,25-21-/t35-,36?,37?/m1/s1. The molecule has 10 heteroatoms. The lowest BCUT2D eigenvalue weighted by atomic mass is 10.1. The molecule has 0 aromatic heterocycles. The lowest BCUT2D eigenvalue weighted by Crippen LogP contribution is -2.29. The fraction of sp³-hybridized carbons (Fsp3) is 0.795. The summed E-state index contributed by atoms with van der Waals surface area (Å²) >= 11 is 0. The second-order valence-corrected chi connectivity index (χ2v) is 14.5. The van der Waals surface area contributed by atoms with E-state index in [1.165, 1.54) is 44.9 Å². The maximum atomic E-state index is 12.4. The number of rotatable bonds is 34. The van der Waals surface area contributed by atoms with Crippen molar-refractivity contribution in [2.75, 3.05) is 13.2 Å². The van der Waals surface area contributed by atoms with Crippen LogP contribution in [0.5, 0.6) is 0 Å². The van der Waals surface area contributed by atoms with Crippen LogP contribution in [0.1, 0.15) is 168 Å². The van der Waals surface area contributed by atoms with Gasteiger partial charge in [-0.1, -0.05) is 121 Å². The van der Waals surface area contributed by atoms with Crippen molar-refractivity contribution in [3.05, 3.63) is 36.5 Å². The first-order valence-electron chi connectivity index (χ1n) is 19.4. The van der Waals surface area contributed by atoms with E-state index >= 15 is 0 Å². The van der Waals surface area contributed by atoms with E-state index in [-0.39, 0.29) is 19.4 Å². The molecular weight excluding hydrogens is 643 g/mol. The van der Waals surface area contributed by atoms with Gasteiger partial charge in [0, 0.05) is 12.8 Å². The third-order valence-electron chi connectivity index (χ3n) is 8.56. The molecule has 2 unspecified atom stereocenters. The maximum absolute atomic E-state index is 12.4. The van der Waals surface area contributed by atoms with Gasteiger partial charge in [0.15, 0.2) is 6.10 Å². The maximum Gasteiger partial charge on any atom is 0.469 e. The second-order valence-electron chi connectivity index (χ2n) is 13.3. The average molecular weight is 713 g/mol. The van der Waals surface area contributed by atoms with Gasteiger partial charge in [-0.15, -0.1) is 0 Å². The predicted molar refractivity (Wildman–Crippen MR) is 197 cm³/mol. The summed E-state index contributed by atoms with van der Waals surface area (Å²) in [6.45, 7) is 3.59. The van der Waals surface area contributed by atoms with E-state index in [4.69, 9.17) is 24.0 Å². The highest BCUT2D eigenvalue weighted by molar-refractivity contribution is 7.46. The van der Waals surface area contributed by atoms with Gasteiger partial charge in [-0.25, -0.2) is 4.57 Å². The molecule has 1 aliphatic rings. The molecule has 0 aromatic carbocycles.